The van der Waals surface area contributed by atoms with Crippen molar-refractivity contribution in [2.75, 3.05) is 13.1 Å². The van der Waals surface area contributed by atoms with Gasteiger partial charge in [0.25, 0.3) is 0 Å². The van der Waals surface area contributed by atoms with E-state index in [1.165, 1.54) is 19.3 Å². The van der Waals surface area contributed by atoms with Crippen LogP contribution in [0.15, 0.2) is 12.1 Å². The monoisotopic (exact) mass is 278 g/mol. The van der Waals surface area contributed by atoms with E-state index in [1.54, 1.807) is 6.07 Å². The Morgan fingerprint density at radius 3 is 2.75 bits per heavy atom. The van der Waals surface area contributed by atoms with Gasteiger partial charge in [-0.05, 0) is 56.8 Å². The molecule has 0 heterocycles. The molecule has 1 aliphatic carbocycles. The molecule has 1 aliphatic rings. The van der Waals surface area contributed by atoms with Crippen LogP contribution in [0.3, 0.4) is 0 Å². The van der Waals surface area contributed by atoms with Crippen molar-refractivity contribution in [1.29, 1.82) is 0 Å². The zero-order valence-corrected chi connectivity index (χ0v) is 12.1. The summed E-state index contributed by atoms with van der Waals surface area (Å²) in [5.74, 6) is 0.0674. The summed E-state index contributed by atoms with van der Waals surface area (Å²) in [6, 6.07) is 4.00. The number of hydrogen-bond donors (Lipinski definition) is 4. The first-order chi connectivity index (χ1) is 9.72. The number of phenols is 2. The minimum absolute atomic E-state index is 0.00457. The molecule has 0 fully saturated rings. The van der Waals surface area contributed by atoms with Gasteiger partial charge in [0, 0.05) is 11.6 Å². The number of hydrogen-bond acceptors (Lipinski definition) is 4. The van der Waals surface area contributed by atoms with E-state index < -0.39 is 0 Å². The summed E-state index contributed by atoms with van der Waals surface area (Å²) in [5, 5.41) is 23.0. The van der Waals surface area contributed by atoms with E-state index in [9.17, 15) is 10.2 Å². The summed E-state index contributed by atoms with van der Waals surface area (Å²) in [5.41, 5.74) is 7.56. The molecule has 0 saturated heterocycles. The molecule has 1 aromatic rings. The summed E-state index contributed by atoms with van der Waals surface area (Å²) in [6.07, 6.45) is 7.57. The topological polar surface area (TPSA) is 78.5 Å². The Kier molecular flexibility index (Phi) is 5.68. The molecule has 0 bridgehead atoms. The second kappa shape index (κ2) is 7.50. The summed E-state index contributed by atoms with van der Waals surface area (Å²) < 4.78 is 0. The van der Waals surface area contributed by atoms with Crippen molar-refractivity contribution in [1.82, 2.24) is 5.32 Å². The SMILES string of the molecule is NCCCCCCNC1CCc2c(ccc(O)c2O)C1. The van der Waals surface area contributed by atoms with E-state index in [2.05, 4.69) is 5.32 Å². The third-order valence-electron chi connectivity index (χ3n) is 4.13. The normalized spacial score (nSPS) is 17.9. The molecule has 0 spiro atoms. The average Bonchev–Trinajstić information content (AvgIpc) is 2.47. The molecule has 0 aromatic heterocycles. The first-order valence-corrected chi connectivity index (χ1v) is 7.68. The Bertz CT molecular complexity index is 435. The molecule has 0 radical (unpaired) electrons. The number of nitrogens with two attached hydrogens (primary N) is 1. The summed E-state index contributed by atoms with van der Waals surface area (Å²) >= 11 is 0. The van der Waals surface area contributed by atoms with Crippen molar-refractivity contribution >= 4 is 0 Å². The largest absolute Gasteiger partial charge is 0.504 e. The Morgan fingerprint density at radius 2 is 1.95 bits per heavy atom. The van der Waals surface area contributed by atoms with Crippen molar-refractivity contribution in [3.63, 3.8) is 0 Å². The van der Waals surface area contributed by atoms with Gasteiger partial charge in [-0.1, -0.05) is 18.9 Å². The Labute approximate surface area is 121 Å². The predicted octanol–water partition coefficient (Wildman–Crippen LogP) is 2.06. The first-order valence-electron chi connectivity index (χ1n) is 7.68. The van der Waals surface area contributed by atoms with Crippen molar-refractivity contribution in [2.45, 2.75) is 51.0 Å². The maximum Gasteiger partial charge on any atom is 0.160 e. The molecule has 20 heavy (non-hydrogen) atoms. The van der Waals surface area contributed by atoms with Gasteiger partial charge >= 0.3 is 0 Å². The maximum absolute atomic E-state index is 9.85. The van der Waals surface area contributed by atoms with Crippen LogP contribution < -0.4 is 11.1 Å². The highest BCUT2D eigenvalue weighted by Gasteiger charge is 2.21. The number of benzene rings is 1. The molecular weight excluding hydrogens is 252 g/mol. The van der Waals surface area contributed by atoms with Crippen LogP contribution in [0.5, 0.6) is 11.5 Å². The fraction of sp³-hybridized carbons (Fsp3) is 0.625. The van der Waals surface area contributed by atoms with Crippen LogP contribution in [0.4, 0.5) is 0 Å². The number of rotatable bonds is 7. The van der Waals surface area contributed by atoms with Crippen LogP contribution >= 0.6 is 0 Å². The zero-order chi connectivity index (χ0) is 14.4. The third kappa shape index (κ3) is 3.87. The lowest BCUT2D eigenvalue weighted by Crippen LogP contribution is -2.35. The van der Waals surface area contributed by atoms with Gasteiger partial charge in [0.1, 0.15) is 0 Å². The lowest BCUT2D eigenvalue weighted by atomic mass is 9.87. The molecule has 112 valence electrons. The van der Waals surface area contributed by atoms with E-state index in [0.29, 0.717) is 6.04 Å². The first kappa shape index (κ1) is 15.1. The molecule has 1 aromatic carbocycles. The minimum Gasteiger partial charge on any atom is -0.504 e. The van der Waals surface area contributed by atoms with Crippen molar-refractivity contribution in [3.05, 3.63) is 23.3 Å². The van der Waals surface area contributed by atoms with Crippen molar-refractivity contribution in [3.8, 4) is 11.5 Å². The van der Waals surface area contributed by atoms with Gasteiger partial charge < -0.3 is 21.3 Å². The van der Waals surface area contributed by atoms with Crippen LogP contribution in [0, 0.1) is 0 Å². The number of nitrogens with one attached hydrogen (secondary N) is 1. The van der Waals surface area contributed by atoms with Gasteiger partial charge in [-0.3, -0.25) is 0 Å². The van der Waals surface area contributed by atoms with E-state index in [-0.39, 0.29) is 11.5 Å². The molecule has 5 N–H and O–H groups in total. The summed E-state index contributed by atoms with van der Waals surface area (Å²) in [6.45, 7) is 1.85. The lowest BCUT2D eigenvalue weighted by Gasteiger charge is -2.26. The Morgan fingerprint density at radius 1 is 1.15 bits per heavy atom. The van der Waals surface area contributed by atoms with Gasteiger partial charge in [0.15, 0.2) is 11.5 Å². The van der Waals surface area contributed by atoms with Gasteiger partial charge in [0.2, 0.25) is 0 Å². The summed E-state index contributed by atoms with van der Waals surface area (Å²) in [4.78, 5) is 0. The Balaban J connectivity index is 1.76. The standard InChI is InChI=1S/C16H26N2O2/c17-9-3-1-2-4-10-18-13-6-7-14-12(11-13)5-8-15(19)16(14)20/h5,8,13,18-20H,1-4,6-7,9-11,17H2. The van der Waals surface area contributed by atoms with E-state index in [0.717, 1.165) is 49.9 Å². The predicted molar refractivity (Wildman–Crippen MR) is 81.1 cm³/mol. The van der Waals surface area contributed by atoms with Gasteiger partial charge in [-0.2, -0.15) is 0 Å². The van der Waals surface area contributed by atoms with Crippen LogP contribution in [0.1, 0.15) is 43.2 Å². The molecule has 4 nitrogen and oxygen atoms in total. The second-order valence-electron chi connectivity index (χ2n) is 5.67. The molecule has 1 atom stereocenters. The smallest absolute Gasteiger partial charge is 0.160 e. The fourth-order valence-electron chi connectivity index (χ4n) is 2.93. The highest BCUT2D eigenvalue weighted by Crippen LogP contribution is 2.35. The molecule has 0 aliphatic heterocycles. The minimum atomic E-state index is -0.00457. The Hall–Kier alpha value is -1.26. The van der Waals surface area contributed by atoms with Crippen LogP contribution in [-0.4, -0.2) is 29.3 Å². The van der Waals surface area contributed by atoms with Crippen molar-refractivity contribution < 1.29 is 10.2 Å². The number of unbranched alkanes of at least 4 members (excludes halogenated alkanes) is 3. The van der Waals surface area contributed by atoms with Gasteiger partial charge in [0.05, 0.1) is 0 Å². The van der Waals surface area contributed by atoms with E-state index in [4.69, 9.17) is 5.73 Å². The number of phenolic OH excluding ortho intramolecular Hbond substituents is 2. The second-order valence-corrected chi connectivity index (χ2v) is 5.67. The fourth-order valence-corrected chi connectivity index (χ4v) is 2.93. The van der Waals surface area contributed by atoms with E-state index in [1.807, 2.05) is 6.07 Å². The van der Waals surface area contributed by atoms with Crippen LogP contribution in [0.2, 0.25) is 0 Å². The molecular formula is C16H26N2O2. The molecule has 0 amide bonds. The molecule has 1 unspecified atom stereocenters. The van der Waals surface area contributed by atoms with Gasteiger partial charge in [-0.15, -0.1) is 0 Å². The average molecular weight is 278 g/mol. The highest BCUT2D eigenvalue weighted by molar-refractivity contribution is 5.50. The quantitative estimate of drug-likeness (QED) is 0.455. The summed E-state index contributed by atoms with van der Waals surface area (Å²) in [7, 11) is 0. The lowest BCUT2D eigenvalue weighted by molar-refractivity contribution is 0.387. The molecule has 2 rings (SSSR count). The molecule has 4 heteroatoms. The number of fused-ring (bicyclic) bond motifs is 1. The number of aromatic hydroxyl groups is 2. The van der Waals surface area contributed by atoms with Crippen LogP contribution in [0.25, 0.3) is 0 Å². The zero-order valence-electron chi connectivity index (χ0n) is 12.1. The van der Waals surface area contributed by atoms with Crippen LogP contribution in [-0.2, 0) is 12.8 Å². The maximum atomic E-state index is 9.85. The third-order valence-corrected chi connectivity index (χ3v) is 4.13. The van der Waals surface area contributed by atoms with Crippen molar-refractivity contribution in [2.24, 2.45) is 5.73 Å². The van der Waals surface area contributed by atoms with E-state index >= 15 is 0 Å². The highest BCUT2D eigenvalue weighted by atomic mass is 16.3. The molecule has 0 saturated carbocycles. The van der Waals surface area contributed by atoms with Gasteiger partial charge in [-0.25, -0.2) is 0 Å².